The van der Waals surface area contributed by atoms with Crippen molar-refractivity contribution in [3.63, 3.8) is 0 Å². The zero-order valence-corrected chi connectivity index (χ0v) is 14.0. The Kier molecular flexibility index (Phi) is 6.04. The highest BCUT2D eigenvalue weighted by atomic mass is 35.5. The van der Waals surface area contributed by atoms with E-state index in [0.717, 1.165) is 5.06 Å². The van der Waals surface area contributed by atoms with E-state index in [1.165, 1.54) is 26.5 Å². The average molecular weight is 357 g/mol. The molecule has 0 atom stereocenters. The van der Waals surface area contributed by atoms with Gasteiger partial charge in [-0.3, -0.25) is 4.84 Å². The van der Waals surface area contributed by atoms with Crippen LogP contribution >= 0.6 is 23.2 Å². The van der Waals surface area contributed by atoms with Gasteiger partial charge >= 0.3 is 6.09 Å². The Hall–Kier alpha value is -2.02. The molecule has 0 spiro atoms. The minimum Gasteiger partial charge on any atom is -0.472 e. The first-order chi connectivity index (χ1) is 11.1. The quantitative estimate of drug-likeness (QED) is 0.754. The molecule has 23 heavy (non-hydrogen) atoms. The molecule has 0 aliphatic heterocycles. The molecule has 0 N–H and O–H groups in total. The van der Waals surface area contributed by atoms with E-state index in [0.29, 0.717) is 21.3 Å². The SMILES string of the molecule is COC(=O)N(OC)c1ccccc1COc1ncc(Cl)cc1Cl. The number of carbonyl (C=O) groups is 1. The maximum absolute atomic E-state index is 11.8. The Morgan fingerprint density at radius 2 is 2.00 bits per heavy atom. The lowest BCUT2D eigenvalue weighted by atomic mass is 10.2. The van der Waals surface area contributed by atoms with Crippen LogP contribution in [0.3, 0.4) is 0 Å². The second-order valence-corrected chi connectivity index (χ2v) is 5.15. The molecule has 0 saturated heterocycles. The van der Waals surface area contributed by atoms with Crippen LogP contribution in [0, 0.1) is 0 Å². The van der Waals surface area contributed by atoms with Crippen molar-refractivity contribution in [2.75, 3.05) is 19.3 Å². The molecule has 0 saturated carbocycles. The molecule has 122 valence electrons. The lowest BCUT2D eigenvalue weighted by Crippen LogP contribution is -2.30. The number of benzene rings is 1. The van der Waals surface area contributed by atoms with Crippen LogP contribution in [0.2, 0.25) is 10.0 Å². The van der Waals surface area contributed by atoms with Crippen molar-refractivity contribution < 1.29 is 19.1 Å². The van der Waals surface area contributed by atoms with E-state index in [-0.39, 0.29) is 12.5 Å². The number of halogens is 2. The van der Waals surface area contributed by atoms with Gasteiger partial charge in [-0.25, -0.2) is 9.78 Å². The largest absolute Gasteiger partial charge is 0.472 e. The van der Waals surface area contributed by atoms with Crippen molar-refractivity contribution in [1.29, 1.82) is 0 Å². The molecular weight excluding hydrogens is 343 g/mol. The van der Waals surface area contributed by atoms with Gasteiger partial charge in [-0.15, -0.1) is 0 Å². The highest BCUT2D eigenvalue weighted by Gasteiger charge is 2.19. The van der Waals surface area contributed by atoms with Gasteiger partial charge in [0.05, 0.1) is 24.9 Å². The molecule has 2 rings (SSSR count). The summed E-state index contributed by atoms with van der Waals surface area (Å²) in [7, 11) is 2.64. The predicted octanol–water partition coefficient (Wildman–Crippen LogP) is 4.10. The first-order valence-corrected chi connectivity index (χ1v) is 7.26. The standard InChI is InChI=1S/C15H14Cl2N2O4/c1-21-15(20)19(22-2)13-6-4-3-5-10(13)9-23-14-12(17)7-11(16)8-18-14/h3-8H,9H2,1-2H3. The van der Waals surface area contributed by atoms with Crippen LogP contribution in [-0.4, -0.2) is 25.3 Å². The van der Waals surface area contributed by atoms with Gasteiger partial charge in [0, 0.05) is 11.8 Å². The monoisotopic (exact) mass is 356 g/mol. The van der Waals surface area contributed by atoms with Crippen molar-refractivity contribution in [3.05, 3.63) is 52.1 Å². The Balaban J connectivity index is 2.22. The molecule has 0 unspecified atom stereocenters. The van der Waals surface area contributed by atoms with E-state index in [4.69, 9.17) is 32.8 Å². The van der Waals surface area contributed by atoms with Gasteiger partial charge in [-0.1, -0.05) is 41.4 Å². The molecule has 0 bridgehead atoms. The number of methoxy groups -OCH3 is 1. The number of hydroxylamine groups is 1. The number of aromatic nitrogens is 1. The maximum Gasteiger partial charge on any atom is 0.438 e. The maximum atomic E-state index is 11.8. The fourth-order valence-corrected chi connectivity index (χ4v) is 2.27. The number of anilines is 1. The lowest BCUT2D eigenvalue weighted by Gasteiger charge is -2.21. The molecule has 8 heteroatoms. The summed E-state index contributed by atoms with van der Waals surface area (Å²) in [6.45, 7) is 0.126. The number of hydrogen-bond acceptors (Lipinski definition) is 5. The third-order valence-corrected chi connectivity index (χ3v) is 3.35. The molecule has 0 aliphatic rings. The van der Waals surface area contributed by atoms with Crippen molar-refractivity contribution in [3.8, 4) is 5.88 Å². The zero-order chi connectivity index (χ0) is 16.8. The average Bonchev–Trinajstić information content (AvgIpc) is 2.55. The highest BCUT2D eigenvalue weighted by molar-refractivity contribution is 6.35. The molecule has 6 nitrogen and oxygen atoms in total. The van der Waals surface area contributed by atoms with Crippen molar-refractivity contribution in [1.82, 2.24) is 4.98 Å². The van der Waals surface area contributed by atoms with E-state index in [1.54, 1.807) is 18.2 Å². The summed E-state index contributed by atoms with van der Waals surface area (Å²) in [5.41, 5.74) is 1.18. The Bertz CT molecular complexity index is 697. The first-order valence-electron chi connectivity index (χ1n) is 6.50. The number of nitrogens with zero attached hydrogens (tertiary/aromatic N) is 2. The Labute approximate surface area is 143 Å². The van der Waals surface area contributed by atoms with E-state index in [1.807, 2.05) is 6.07 Å². The van der Waals surface area contributed by atoms with Crippen LogP contribution in [0.25, 0.3) is 0 Å². The Morgan fingerprint density at radius 1 is 1.26 bits per heavy atom. The number of ether oxygens (including phenoxy) is 2. The van der Waals surface area contributed by atoms with Crippen molar-refractivity contribution >= 4 is 35.0 Å². The van der Waals surface area contributed by atoms with E-state index < -0.39 is 6.09 Å². The van der Waals surface area contributed by atoms with Crippen LogP contribution in [0.5, 0.6) is 5.88 Å². The zero-order valence-electron chi connectivity index (χ0n) is 12.5. The predicted molar refractivity (Wildman–Crippen MR) is 86.9 cm³/mol. The smallest absolute Gasteiger partial charge is 0.438 e. The molecule has 0 radical (unpaired) electrons. The van der Waals surface area contributed by atoms with Gasteiger partial charge in [0.2, 0.25) is 5.88 Å². The second-order valence-electron chi connectivity index (χ2n) is 4.30. The van der Waals surface area contributed by atoms with E-state index in [9.17, 15) is 4.79 Å². The third kappa shape index (κ3) is 4.25. The fourth-order valence-electron chi connectivity index (χ4n) is 1.84. The molecule has 1 amide bonds. The van der Waals surface area contributed by atoms with Gasteiger partial charge in [-0.2, -0.15) is 5.06 Å². The minimum absolute atomic E-state index is 0.126. The van der Waals surface area contributed by atoms with Crippen LogP contribution in [0.1, 0.15) is 5.56 Å². The van der Waals surface area contributed by atoms with Gasteiger partial charge < -0.3 is 9.47 Å². The molecule has 1 heterocycles. The fraction of sp³-hybridized carbons (Fsp3) is 0.200. The molecule has 0 fully saturated rings. The van der Waals surface area contributed by atoms with Crippen LogP contribution < -0.4 is 9.80 Å². The molecular formula is C15H14Cl2N2O4. The van der Waals surface area contributed by atoms with Gasteiger partial charge in [0.25, 0.3) is 0 Å². The number of para-hydroxylation sites is 1. The van der Waals surface area contributed by atoms with Gasteiger partial charge in [0.15, 0.2) is 0 Å². The van der Waals surface area contributed by atoms with Crippen LogP contribution in [0.15, 0.2) is 36.5 Å². The summed E-state index contributed by atoms with van der Waals surface area (Å²) in [4.78, 5) is 20.8. The highest BCUT2D eigenvalue weighted by Crippen LogP contribution is 2.27. The number of carbonyl (C=O) groups excluding carboxylic acids is 1. The third-order valence-electron chi connectivity index (χ3n) is 2.87. The van der Waals surface area contributed by atoms with Crippen molar-refractivity contribution in [2.45, 2.75) is 6.61 Å². The summed E-state index contributed by atoms with van der Waals surface area (Å²) in [5, 5.41) is 1.74. The summed E-state index contributed by atoms with van der Waals surface area (Å²) >= 11 is 11.8. The molecule has 1 aromatic heterocycles. The summed E-state index contributed by atoms with van der Waals surface area (Å²) < 4.78 is 10.3. The lowest BCUT2D eigenvalue weighted by molar-refractivity contribution is 0.115. The summed E-state index contributed by atoms with van der Waals surface area (Å²) in [6, 6.07) is 8.60. The second kappa shape index (κ2) is 8.01. The number of hydrogen-bond donors (Lipinski definition) is 0. The normalized spacial score (nSPS) is 10.3. The number of amides is 1. The first kappa shape index (κ1) is 17.3. The van der Waals surface area contributed by atoms with E-state index in [2.05, 4.69) is 9.72 Å². The topological polar surface area (TPSA) is 60.9 Å². The summed E-state index contributed by atoms with van der Waals surface area (Å²) in [6.07, 6.45) is 0.785. The molecule has 0 aliphatic carbocycles. The minimum atomic E-state index is -0.650. The van der Waals surface area contributed by atoms with Crippen LogP contribution in [-0.2, 0) is 16.2 Å². The number of rotatable bonds is 5. The number of pyridine rings is 1. The van der Waals surface area contributed by atoms with Crippen LogP contribution in [0.4, 0.5) is 10.5 Å². The summed E-state index contributed by atoms with van der Waals surface area (Å²) in [5.74, 6) is 0.243. The van der Waals surface area contributed by atoms with E-state index >= 15 is 0 Å². The van der Waals surface area contributed by atoms with Gasteiger partial charge in [-0.05, 0) is 12.1 Å². The molecule has 1 aromatic carbocycles. The van der Waals surface area contributed by atoms with Crippen molar-refractivity contribution in [2.24, 2.45) is 0 Å². The van der Waals surface area contributed by atoms with Gasteiger partial charge in [0.1, 0.15) is 11.6 Å². The molecule has 2 aromatic rings. The Morgan fingerprint density at radius 3 is 2.65 bits per heavy atom.